The van der Waals surface area contributed by atoms with E-state index >= 15 is 0 Å². The van der Waals surface area contributed by atoms with Crippen molar-refractivity contribution in [1.82, 2.24) is 14.9 Å². The van der Waals surface area contributed by atoms with Gasteiger partial charge in [0.1, 0.15) is 0 Å². The maximum absolute atomic E-state index is 10.7. The van der Waals surface area contributed by atoms with E-state index in [2.05, 4.69) is 38.0 Å². The van der Waals surface area contributed by atoms with Crippen molar-refractivity contribution in [3.63, 3.8) is 0 Å². The van der Waals surface area contributed by atoms with E-state index in [-0.39, 0.29) is 12.1 Å². The SMILES string of the molecule is O[C@@H]1c2ccccc2C[C@@H]1N1CCCN(c2ncccn2)CC1. The second-order valence-electron chi connectivity index (χ2n) is 6.34. The van der Waals surface area contributed by atoms with Gasteiger partial charge in [0.2, 0.25) is 5.95 Å². The number of hydrogen-bond acceptors (Lipinski definition) is 5. The first-order valence-corrected chi connectivity index (χ1v) is 8.35. The van der Waals surface area contributed by atoms with Gasteiger partial charge in [-0.1, -0.05) is 24.3 Å². The van der Waals surface area contributed by atoms with Crippen LogP contribution >= 0.6 is 0 Å². The van der Waals surface area contributed by atoms with Crippen molar-refractivity contribution in [2.24, 2.45) is 0 Å². The summed E-state index contributed by atoms with van der Waals surface area (Å²) in [6, 6.07) is 10.3. The van der Waals surface area contributed by atoms with E-state index < -0.39 is 0 Å². The fraction of sp³-hybridized carbons (Fsp3) is 0.444. The molecule has 5 heteroatoms. The van der Waals surface area contributed by atoms with Gasteiger partial charge in [0.05, 0.1) is 6.10 Å². The number of rotatable bonds is 2. The molecule has 0 spiro atoms. The predicted octanol–water partition coefficient (Wildman–Crippen LogP) is 1.65. The van der Waals surface area contributed by atoms with E-state index in [9.17, 15) is 5.11 Å². The van der Waals surface area contributed by atoms with Crippen LogP contribution in [0, 0.1) is 0 Å². The molecule has 2 aromatic rings. The lowest BCUT2D eigenvalue weighted by atomic mass is 10.1. The van der Waals surface area contributed by atoms with Crippen LogP contribution in [0.15, 0.2) is 42.7 Å². The Balaban J connectivity index is 1.46. The number of anilines is 1. The first-order valence-electron chi connectivity index (χ1n) is 8.35. The van der Waals surface area contributed by atoms with E-state index in [4.69, 9.17) is 0 Å². The van der Waals surface area contributed by atoms with E-state index in [1.807, 2.05) is 12.1 Å². The molecule has 2 aliphatic rings. The average molecular weight is 310 g/mol. The van der Waals surface area contributed by atoms with Crippen LogP contribution in [0.3, 0.4) is 0 Å². The lowest BCUT2D eigenvalue weighted by molar-refractivity contribution is 0.0647. The molecule has 120 valence electrons. The number of nitrogens with zero attached hydrogens (tertiary/aromatic N) is 4. The van der Waals surface area contributed by atoms with Gasteiger partial charge in [0, 0.05) is 44.6 Å². The third-order valence-electron chi connectivity index (χ3n) is 5.00. The van der Waals surface area contributed by atoms with Gasteiger partial charge in [-0.05, 0) is 30.0 Å². The molecule has 1 aromatic carbocycles. The molecule has 0 bridgehead atoms. The lowest BCUT2D eigenvalue weighted by Crippen LogP contribution is -2.41. The van der Waals surface area contributed by atoms with Crippen molar-refractivity contribution in [3.05, 3.63) is 53.9 Å². The summed E-state index contributed by atoms with van der Waals surface area (Å²) in [5.41, 5.74) is 2.39. The molecule has 0 saturated carbocycles. The summed E-state index contributed by atoms with van der Waals surface area (Å²) in [4.78, 5) is 13.4. The Kier molecular flexibility index (Phi) is 3.97. The first kappa shape index (κ1) is 14.6. The van der Waals surface area contributed by atoms with Gasteiger partial charge in [0.15, 0.2) is 0 Å². The van der Waals surface area contributed by atoms with Crippen molar-refractivity contribution in [2.45, 2.75) is 25.0 Å². The smallest absolute Gasteiger partial charge is 0.225 e. The quantitative estimate of drug-likeness (QED) is 0.914. The zero-order chi connectivity index (χ0) is 15.6. The third-order valence-corrected chi connectivity index (χ3v) is 5.00. The van der Waals surface area contributed by atoms with E-state index in [1.165, 1.54) is 5.56 Å². The highest BCUT2D eigenvalue weighted by atomic mass is 16.3. The van der Waals surface area contributed by atoms with Crippen LogP contribution in [0.25, 0.3) is 0 Å². The number of fused-ring (bicyclic) bond motifs is 1. The van der Waals surface area contributed by atoms with Crippen LogP contribution in [-0.2, 0) is 6.42 Å². The van der Waals surface area contributed by atoms with E-state index in [0.717, 1.165) is 50.5 Å². The molecular weight excluding hydrogens is 288 g/mol. The molecule has 23 heavy (non-hydrogen) atoms. The Morgan fingerprint density at radius 2 is 1.78 bits per heavy atom. The van der Waals surface area contributed by atoms with Gasteiger partial charge in [-0.2, -0.15) is 0 Å². The fourth-order valence-corrected chi connectivity index (χ4v) is 3.81. The fourth-order valence-electron chi connectivity index (χ4n) is 3.81. The van der Waals surface area contributed by atoms with Crippen molar-refractivity contribution < 1.29 is 5.11 Å². The molecule has 5 nitrogen and oxygen atoms in total. The Morgan fingerprint density at radius 3 is 2.61 bits per heavy atom. The highest BCUT2D eigenvalue weighted by Crippen LogP contribution is 2.34. The Bertz CT molecular complexity index is 663. The summed E-state index contributed by atoms with van der Waals surface area (Å²) >= 11 is 0. The monoisotopic (exact) mass is 310 g/mol. The van der Waals surface area contributed by atoms with Gasteiger partial charge in [0.25, 0.3) is 0 Å². The number of benzene rings is 1. The van der Waals surface area contributed by atoms with Crippen molar-refractivity contribution in [3.8, 4) is 0 Å². The summed E-state index contributed by atoms with van der Waals surface area (Å²) in [6.45, 7) is 3.83. The Hall–Kier alpha value is -1.98. The van der Waals surface area contributed by atoms with Crippen LogP contribution < -0.4 is 4.90 Å². The van der Waals surface area contributed by atoms with Gasteiger partial charge in [-0.3, -0.25) is 4.90 Å². The van der Waals surface area contributed by atoms with Crippen molar-refractivity contribution in [1.29, 1.82) is 0 Å². The largest absolute Gasteiger partial charge is 0.387 e. The van der Waals surface area contributed by atoms with Crippen LogP contribution in [-0.4, -0.2) is 52.2 Å². The molecule has 1 saturated heterocycles. The summed E-state index contributed by atoms with van der Waals surface area (Å²) in [5.74, 6) is 0.810. The normalized spacial score (nSPS) is 25.2. The minimum absolute atomic E-state index is 0.198. The second-order valence-corrected chi connectivity index (χ2v) is 6.34. The molecule has 0 unspecified atom stereocenters. The Labute approximate surface area is 136 Å². The summed E-state index contributed by atoms with van der Waals surface area (Å²) in [5, 5.41) is 10.7. The zero-order valence-electron chi connectivity index (χ0n) is 13.2. The molecular formula is C18H22N4O. The molecule has 0 radical (unpaired) electrons. The minimum atomic E-state index is -0.370. The van der Waals surface area contributed by atoms with Gasteiger partial charge < -0.3 is 10.0 Å². The molecule has 1 fully saturated rings. The highest BCUT2D eigenvalue weighted by Gasteiger charge is 2.35. The molecule has 4 rings (SSSR count). The third kappa shape index (κ3) is 2.82. The van der Waals surface area contributed by atoms with Gasteiger partial charge >= 0.3 is 0 Å². The second kappa shape index (κ2) is 6.26. The van der Waals surface area contributed by atoms with Crippen LogP contribution in [0.2, 0.25) is 0 Å². The van der Waals surface area contributed by atoms with Crippen molar-refractivity contribution in [2.75, 3.05) is 31.1 Å². The Morgan fingerprint density at radius 1 is 0.957 bits per heavy atom. The number of aliphatic hydroxyl groups is 1. The summed E-state index contributed by atoms with van der Waals surface area (Å²) in [6.07, 6.45) is 5.23. The lowest BCUT2D eigenvalue weighted by Gasteiger charge is -2.30. The maximum atomic E-state index is 10.7. The standard InChI is InChI=1S/C18H22N4O/c23-17-15-6-2-1-5-14(15)13-16(17)21-9-4-10-22(12-11-21)18-19-7-3-8-20-18/h1-3,5-8,16-17,23H,4,9-13H2/t16-,17+/m0/s1. The molecule has 1 aliphatic carbocycles. The van der Waals surface area contributed by atoms with Crippen molar-refractivity contribution >= 4 is 5.95 Å². The van der Waals surface area contributed by atoms with Crippen LogP contribution in [0.4, 0.5) is 5.95 Å². The topological polar surface area (TPSA) is 52.5 Å². The van der Waals surface area contributed by atoms with Crippen LogP contribution in [0.1, 0.15) is 23.7 Å². The van der Waals surface area contributed by atoms with E-state index in [1.54, 1.807) is 12.4 Å². The zero-order valence-corrected chi connectivity index (χ0v) is 13.2. The van der Waals surface area contributed by atoms with Crippen LogP contribution in [0.5, 0.6) is 0 Å². The van der Waals surface area contributed by atoms with E-state index in [0.29, 0.717) is 0 Å². The molecule has 1 aliphatic heterocycles. The average Bonchev–Trinajstić information content (AvgIpc) is 2.78. The summed E-state index contributed by atoms with van der Waals surface area (Å²) < 4.78 is 0. The predicted molar refractivity (Wildman–Crippen MR) is 89.3 cm³/mol. The number of aliphatic hydroxyl groups excluding tert-OH is 1. The molecule has 1 N–H and O–H groups in total. The molecule has 2 atom stereocenters. The highest BCUT2D eigenvalue weighted by molar-refractivity contribution is 5.36. The number of aromatic nitrogens is 2. The minimum Gasteiger partial charge on any atom is -0.387 e. The maximum Gasteiger partial charge on any atom is 0.225 e. The molecule has 2 heterocycles. The summed E-state index contributed by atoms with van der Waals surface area (Å²) in [7, 11) is 0. The first-order chi connectivity index (χ1) is 11.3. The van der Waals surface area contributed by atoms with Gasteiger partial charge in [-0.15, -0.1) is 0 Å². The number of hydrogen-bond donors (Lipinski definition) is 1. The molecule has 0 amide bonds. The van der Waals surface area contributed by atoms with Gasteiger partial charge in [-0.25, -0.2) is 9.97 Å². The molecule has 1 aromatic heterocycles.